The molecule has 0 aromatic carbocycles. The molecule has 0 saturated carbocycles. The molecular formula is C10H10ClN3O4S2. The number of halogens is 1. The Balaban J connectivity index is 2.39. The zero-order valence-corrected chi connectivity index (χ0v) is 12.8. The first kappa shape index (κ1) is 14.8. The molecule has 20 heavy (non-hydrogen) atoms. The second kappa shape index (κ2) is 5.08. The number of aryl methyl sites for hydroxylation is 2. The van der Waals surface area contributed by atoms with E-state index >= 15 is 0 Å². The fourth-order valence-corrected chi connectivity index (χ4v) is 4.48. The van der Waals surface area contributed by atoms with Gasteiger partial charge in [0.1, 0.15) is 9.88 Å². The summed E-state index contributed by atoms with van der Waals surface area (Å²) in [6.45, 7) is 1.59. The van der Waals surface area contributed by atoms with E-state index in [0.717, 1.165) is 16.0 Å². The lowest BCUT2D eigenvalue weighted by Gasteiger charge is -2.06. The maximum absolute atomic E-state index is 12.2. The van der Waals surface area contributed by atoms with Crippen LogP contribution in [-0.2, 0) is 17.1 Å². The summed E-state index contributed by atoms with van der Waals surface area (Å²) in [5.41, 5.74) is 0.483. The van der Waals surface area contributed by atoms with E-state index in [1.807, 2.05) is 0 Å². The lowest BCUT2D eigenvalue weighted by Crippen LogP contribution is -2.16. The van der Waals surface area contributed by atoms with E-state index in [2.05, 4.69) is 9.82 Å². The van der Waals surface area contributed by atoms with Crippen LogP contribution in [0.15, 0.2) is 17.3 Å². The number of anilines is 1. The summed E-state index contributed by atoms with van der Waals surface area (Å²) in [5.74, 6) is -1.10. The van der Waals surface area contributed by atoms with Gasteiger partial charge in [0, 0.05) is 7.05 Å². The predicted molar refractivity (Wildman–Crippen MR) is 75.0 cm³/mol. The van der Waals surface area contributed by atoms with Crippen molar-refractivity contribution in [3.63, 3.8) is 0 Å². The van der Waals surface area contributed by atoms with Crippen LogP contribution in [0.1, 0.15) is 15.2 Å². The second-order valence-electron chi connectivity index (χ2n) is 3.95. The zero-order chi connectivity index (χ0) is 15.1. The van der Waals surface area contributed by atoms with E-state index < -0.39 is 16.0 Å². The highest BCUT2D eigenvalue weighted by atomic mass is 35.5. The van der Waals surface area contributed by atoms with E-state index in [-0.39, 0.29) is 19.9 Å². The molecule has 0 unspecified atom stereocenters. The van der Waals surface area contributed by atoms with Gasteiger partial charge in [-0.3, -0.25) is 9.40 Å². The number of carbonyl (C=O) groups is 1. The molecule has 2 rings (SSSR count). The smallest absolute Gasteiger partial charge is 0.346 e. The van der Waals surface area contributed by atoms with Crippen LogP contribution in [0.25, 0.3) is 0 Å². The predicted octanol–water partition coefficient (Wildman–Crippen LogP) is 1.94. The van der Waals surface area contributed by atoms with Crippen LogP contribution in [0.5, 0.6) is 0 Å². The van der Waals surface area contributed by atoms with Gasteiger partial charge in [0.05, 0.1) is 11.2 Å². The van der Waals surface area contributed by atoms with Crippen molar-refractivity contribution < 1.29 is 18.3 Å². The molecule has 0 saturated heterocycles. The Morgan fingerprint density at radius 1 is 1.55 bits per heavy atom. The van der Waals surface area contributed by atoms with Gasteiger partial charge < -0.3 is 5.11 Å². The molecule has 2 heterocycles. The number of sulfonamides is 1. The molecule has 0 spiro atoms. The highest BCUT2D eigenvalue weighted by molar-refractivity contribution is 7.93. The zero-order valence-electron chi connectivity index (χ0n) is 10.4. The Hall–Kier alpha value is -1.58. The van der Waals surface area contributed by atoms with Crippen LogP contribution in [0.2, 0.25) is 5.02 Å². The summed E-state index contributed by atoms with van der Waals surface area (Å²) in [4.78, 5) is 11.0. The molecule has 0 aliphatic carbocycles. The highest BCUT2D eigenvalue weighted by Gasteiger charge is 2.24. The molecule has 0 fully saturated rings. The van der Waals surface area contributed by atoms with Crippen LogP contribution in [0, 0.1) is 6.92 Å². The Kier molecular flexibility index (Phi) is 3.76. The third kappa shape index (κ3) is 2.65. The number of aromatic nitrogens is 2. The van der Waals surface area contributed by atoms with E-state index in [9.17, 15) is 13.2 Å². The van der Waals surface area contributed by atoms with Crippen LogP contribution in [-0.4, -0.2) is 29.3 Å². The van der Waals surface area contributed by atoms with Crippen LogP contribution in [0.4, 0.5) is 5.00 Å². The highest BCUT2D eigenvalue weighted by Crippen LogP contribution is 2.30. The van der Waals surface area contributed by atoms with Crippen molar-refractivity contribution in [2.75, 3.05) is 4.72 Å². The molecule has 2 aromatic heterocycles. The van der Waals surface area contributed by atoms with Crippen molar-refractivity contribution >= 4 is 43.9 Å². The number of nitrogens with one attached hydrogen (secondary N) is 1. The van der Waals surface area contributed by atoms with Crippen LogP contribution >= 0.6 is 22.9 Å². The molecular weight excluding hydrogens is 326 g/mol. The molecule has 0 amide bonds. The van der Waals surface area contributed by atoms with Gasteiger partial charge in [0.25, 0.3) is 10.0 Å². The topological polar surface area (TPSA) is 101 Å². The summed E-state index contributed by atoms with van der Waals surface area (Å²) in [6.07, 6.45) is 1.22. The number of carboxylic acids is 1. The molecule has 10 heteroatoms. The average molecular weight is 336 g/mol. The summed E-state index contributed by atoms with van der Waals surface area (Å²) in [5, 5.41) is 12.7. The molecule has 108 valence electrons. The molecule has 2 aromatic rings. The van der Waals surface area contributed by atoms with Gasteiger partial charge in [0.15, 0.2) is 5.03 Å². The van der Waals surface area contributed by atoms with E-state index in [1.165, 1.54) is 19.3 Å². The van der Waals surface area contributed by atoms with Crippen molar-refractivity contribution in [2.24, 2.45) is 7.05 Å². The van der Waals surface area contributed by atoms with Crippen molar-refractivity contribution in [1.29, 1.82) is 0 Å². The van der Waals surface area contributed by atoms with Gasteiger partial charge >= 0.3 is 5.97 Å². The first-order valence-electron chi connectivity index (χ1n) is 5.26. The molecule has 0 radical (unpaired) electrons. The SMILES string of the molecule is Cc1cc(NS(=O)(=O)c2c(Cl)cnn2C)sc1C(=O)O. The number of aromatic carboxylic acids is 1. The molecule has 7 nitrogen and oxygen atoms in total. The molecule has 0 aliphatic heterocycles. The minimum atomic E-state index is -3.92. The van der Waals surface area contributed by atoms with Gasteiger partial charge in [-0.1, -0.05) is 11.6 Å². The maximum atomic E-state index is 12.2. The Morgan fingerprint density at radius 3 is 2.65 bits per heavy atom. The fourth-order valence-electron chi connectivity index (χ4n) is 1.63. The van der Waals surface area contributed by atoms with Gasteiger partial charge in [-0.15, -0.1) is 11.3 Å². The quantitative estimate of drug-likeness (QED) is 0.889. The first-order valence-corrected chi connectivity index (χ1v) is 7.94. The molecule has 0 aliphatic rings. The Labute approximate surface area is 123 Å². The van der Waals surface area contributed by atoms with Crippen molar-refractivity contribution in [3.8, 4) is 0 Å². The number of carboxylic acid groups (broad SMARTS) is 1. The maximum Gasteiger partial charge on any atom is 0.346 e. The molecule has 0 bridgehead atoms. The molecule has 2 N–H and O–H groups in total. The van der Waals surface area contributed by atoms with E-state index in [0.29, 0.717) is 5.56 Å². The normalized spacial score (nSPS) is 11.6. The van der Waals surface area contributed by atoms with Crippen LogP contribution < -0.4 is 4.72 Å². The average Bonchev–Trinajstić information content (AvgIpc) is 2.82. The lowest BCUT2D eigenvalue weighted by atomic mass is 10.3. The number of rotatable bonds is 4. The monoisotopic (exact) mass is 335 g/mol. The number of hydrogen-bond acceptors (Lipinski definition) is 5. The fraction of sp³-hybridized carbons (Fsp3) is 0.200. The lowest BCUT2D eigenvalue weighted by molar-refractivity contribution is 0.0701. The largest absolute Gasteiger partial charge is 0.477 e. The minimum Gasteiger partial charge on any atom is -0.477 e. The number of thiophene rings is 1. The third-order valence-electron chi connectivity index (χ3n) is 2.44. The summed E-state index contributed by atoms with van der Waals surface area (Å²) in [7, 11) is -2.48. The minimum absolute atomic E-state index is 0.00765. The van der Waals surface area contributed by atoms with Gasteiger partial charge in [0.2, 0.25) is 0 Å². The first-order chi connectivity index (χ1) is 9.22. The van der Waals surface area contributed by atoms with Gasteiger partial charge in [-0.05, 0) is 18.6 Å². The van der Waals surface area contributed by atoms with E-state index in [1.54, 1.807) is 6.92 Å². The van der Waals surface area contributed by atoms with Gasteiger partial charge in [-0.25, -0.2) is 4.79 Å². The van der Waals surface area contributed by atoms with Crippen molar-refractivity contribution in [3.05, 3.63) is 27.7 Å². The van der Waals surface area contributed by atoms with E-state index in [4.69, 9.17) is 16.7 Å². The van der Waals surface area contributed by atoms with Crippen molar-refractivity contribution in [2.45, 2.75) is 11.9 Å². The third-order valence-corrected chi connectivity index (χ3v) is 5.58. The van der Waals surface area contributed by atoms with Crippen molar-refractivity contribution in [1.82, 2.24) is 9.78 Å². The van der Waals surface area contributed by atoms with Gasteiger partial charge in [-0.2, -0.15) is 13.5 Å². The second-order valence-corrected chi connectivity index (χ2v) is 7.01. The standard InChI is InChI=1S/C10H10ClN3O4S2/c1-5-3-7(19-8(5)10(15)16)13-20(17,18)9-6(11)4-12-14(9)2/h3-4,13H,1-2H3,(H,15,16). The Morgan fingerprint density at radius 2 is 2.20 bits per heavy atom. The summed E-state index contributed by atoms with van der Waals surface area (Å²) >= 11 is 6.63. The van der Waals surface area contributed by atoms with Crippen LogP contribution in [0.3, 0.4) is 0 Å². The Bertz CT molecular complexity index is 759. The number of hydrogen-bond donors (Lipinski definition) is 2. The molecule has 0 atom stereocenters. The summed E-state index contributed by atoms with van der Waals surface area (Å²) < 4.78 is 27.8. The number of nitrogens with zero attached hydrogens (tertiary/aromatic N) is 2. The summed E-state index contributed by atoms with van der Waals surface area (Å²) in [6, 6.07) is 1.45.